The van der Waals surface area contributed by atoms with Crippen LogP contribution in [0.3, 0.4) is 0 Å². The summed E-state index contributed by atoms with van der Waals surface area (Å²) in [5.41, 5.74) is 0. The molecule has 4 heteroatoms. The van der Waals surface area contributed by atoms with E-state index in [1.54, 1.807) is 0 Å². The third-order valence-electron chi connectivity index (χ3n) is 2.41. The van der Waals surface area contributed by atoms with Gasteiger partial charge in [-0.15, -0.1) is 0 Å². The van der Waals surface area contributed by atoms with Crippen molar-refractivity contribution in [3.63, 3.8) is 0 Å². The number of nitrogens with one attached hydrogen (secondary N) is 1. The summed E-state index contributed by atoms with van der Waals surface area (Å²) in [7, 11) is 4.22. The first kappa shape index (κ1) is 15.6. The molecule has 0 spiro atoms. The Balaban J connectivity index is 3.28. The van der Waals surface area contributed by atoms with Crippen LogP contribution in [0.1, 0.15) is 26.2 Å². The smallest absolute Gasteiger partial charge is 0.0209 e. The van der Waals surface area contributed by atoms with Crippen molar-refractivity contribution in [3.05, 3.63) is 0 Å². The summed E-state index contributed by atoms with van der Waals surface area (Å²) in [6, 6.07) is 0. The number of nitrogens with zero attached hydrogens (tertiary/aromatic N) is 2. The molecule has 15 heavy (non-hydrogen) atoms. The second-order valence-electron chi connectivity index (χ2n) is 4.02. The molecule has 0 unspecified atom stereocenters. The van der Waals surface area contributed by atoms with Crippen molar-refractivity contribution in [3.8, 4) is 0 Å². The molecule has 0 fully saturated rings. The number of hydrogen-bond donors (Lipinski definition) is 1. The van der Waals surface area contributed by atoms with E-state index < -0.39 is 0 Å². The van der Waals surface area contributed by atoms with E-state index in [0.717, 1.165) is 6.54 Å². The van der Waals surface area contributed by atoms with Crippen LogP contribution < -0.4 is 5.32 Å². The van der Waals surface area contributed by atoms with Crippen LogP contribution in [-0.2, 0) is 0 Å². The molecule has 0 radical (unpaired) electrons. The van der Waals surface area contributed by atoms with Crippen molar-refractivity contribution < 1.29 is 0 Å². The number of hydrogen-bond acceptors (Lipinski definition) is 3. The van der Waals surface area contributed by atoms with Crippen LogP contribution in [0.2, 0.25) is 0 Å². The van der Waals surface area contributed by atoms with Crippen molar-refractivity contribution in [1.82, 2.24) is 13.3 Å². The van der Waals surface area contributed by atoms with E-state index in [1.165, 1.54) is 45.4 Å². The number of rotatable bonds is 10. The van der Waals surface area contributed by atoms with Gasteiger partial charge in [-0.1, -0.05) is 6.92 Å². The van der Waals surface area contributed by atoms with Gasteiger partial charge in [0.25, 0.3) is 0 Å². The molecule has 0 amide bonds. The lowest BCUT2D eigenvalue weighted by molar-refractivity contribution is 0.309. The second-order valence-corrected chi connectivity index (χ2v) is 5.39. The maximum atomic E-state index is 3.18. The highest BCUT2D eigenvalue weighted by Crippen LogP contribution is 2.02. The zero-order chi connectivity index (χ0) is 11.5. The van der Waals surface area contributed by atoms with Crippen LogP contribution in [0.5, 0.6) is 0 Å². The molecule has 1 N–H and O–H groups in total. The molecule has 0 saturated carbocycles. The van der Waals surface area contributed by atoms with Gasteiger partial charge in [0.05, 0.1) is 0 Å². The Morgan fingerprint density at radius 1 is 1.07 bits per heavy atom. The van der Waals surface area contributed by atoms with Crippen LogP contribution in [0.15, 0.2) is 0 Å². The number of likely N-dealkylation sites (N-methyl/N-ethyl adjacent to an activating group) is 1. The van der Waals surface area contributed by atoms with Crippen LogP contribution in [0.4, 0.5) is 0 Å². The van der Waals surface area contributed by atoms with Crippen molar-refractivity contribution >= 4 is 22.9 Å². The zero-order valence-electron chi connectivity index (χ0n) is 10.4. The molecule has 0 bridgehead atoms. The lowest BCUT2D eigenvalue weighted by Gasteiger charge is -2.19. The van der Waals surface area contributed by atoms with Gasteiger partial charge in [-0.25, -0.2) is 3.11 Å². The van der Waals surface area contributed by atoms with Crippen molar-refractivity contribution in [2.75, 3.05) is 46.8 Å². The zero-order valence-corrected chi connectivity index (χ0v) is 12.6. The van der Waals surface area contributed by atoms with Crippen LogP contribution >= 0.6 is 22.9 Å². The van der Waals surface area contributed by atoms with E-state index in [0.29, 0.717) is 0 Å². The van der Waals surface area contributed by atoms with E-state index in [4.69, 9.17) is 0 Å². The highest BCUT2D eigenvalue weighted by molar-refractivity contribution is 14.1. The average molecular weight is 327 g/mol. The molecule has 92 valence electrons. The summed E-state index contributed by atoms with van der Waals surface area (Å²) >= 11 is 2.44. The molecule has 0 aliphatic heterocycles. The van der Waals surface area contributed by atoms with Crippen molar-refractivity contribution in [2.24, 2.45) is 0 Å². The molecule has 0 aliphatic rings. The topological polar surface area (TPSA) is 18.5 Å². The van der Waals surface area contributed by atoms with Gasteiger partial charge in [0, 0.05) is 42.5 Å². The summed E-state index contributed by atoms with van der Waals surface area (Å²) < 4.78 is 2.40. The fourth-order valence-corrected chi connectivity index (χ4v) is 2.03. The average Bonchev–Trinajstić information content (AvgIpc) is 2.22. The third kappa shape index (κ3) is 10.9. The summed E-state index contributed by atoms with van der Waals surface area (Å²) in [5, 5.41) is 3.18. The largest absolute Gasteiger partial charge is 0.320 e. The normalized spacial score (nSPS) is 11.6. The first-order valence-electron chi connectivity index (χ1n) is 5.94. The molecular formula is C11H26IN3. The number of unbranched alkanes of at least 4 members (excludes halogenated alkanes) is 1. The Hall–Kier alpha value is 0.610. The molecular weight excluding hydrogens is 301 g/mol. The summed E-state index contributed by atoms with van der Waals surface area (Å²) in [4.78, 5) is 2.40. The Kier molecular flexibility index (Phi) is 11.6. The van der Waals surface area contributed by atoms with E-state index in [1.807, 2.05) is 7.05 Å². The molecule has 0 aromatic carbocycles. The highest BCUT2D eigenvalue weighted by atomic mass is 127. The summed E-state index contributed by atoms with van der Waals surface area (Å²) in [5.74, 6) is 0. The summed E-state index contributed by atoms with van der Waals surface area (Å²) in [6.45, 7) is 8.15. The fraction of sp³-hybridized carbons (Fsp3) is 1.00. The molecule has 0 aromatic rings. The Morgan fingerprint density at radius 2 is 1.80 bits per heavy atom. The summed E-state index contributed by atoms with van der Waals surface area (Å²) in [6.07, 6.45) is 3.82. The number of halogens is 1. The molecule has 0 aromatic heterocycles. The standard InChI is InChI=1S/C11H26IN3/c1-4-8-14(3)10-11-15(12)9-6-5-7-13-2/h13H,4-11H2,1-3H3. The SMILES string of the molecule is CCCN(C)CCN(I)CCCCNC. The Bertz CT molecular complexity index is 133. The van der Waals surface area contributed by atoms with E-state index in [2.05, 4.69) is 50.2 Å². The van der Waals surface area contributed by atoms with Crippen molar-refractivity contribution in [2.45, 2.75) is 26.2 Å². The maximum Gasteiger partial charge on any atom is 0.0209 e. The van der Waals surface area contributed by atoms with Crippen LogP contribution in [-0.4, -0.2) is 54.8 Å². The molecule has 3 nitrogen and oxygen atoms in total. The van der Waals surface area contributed by atoms with Gasteiger partial charge in [-0.3, -0.25) is 0 Å². The minimum atomic E-state index is 1.14. The maximum absolute atomic E-state index is 3.18. The molecule has 0 atom stereocenters. The minimum absolute atomic E-state index is 1.14. The minimum Gasteiger partial charge on any atom is -0.320 e. The molecule has 0 aliphatic carbocycles. The predicted molar refractivity (Wildman–Crippen MR) is 76.5 cm³/mol. The lowest BCUT2D eigenvalue weighted by Crippen LogP contribution is -2.29. The van der Waals surface area contributed by atoms with E-state index >= 15 is 0 Å². The van der Waals surface area contributed by atoms with Gasteiger partial charge in [0.2, 0.25) is 0 Å². The lowest BCUT2D eigenvalue weighted by atomic mass is 10.3. The highest BCUT2D eigenvalue weighted by Gasteiger charge is 2.02. The third-order valence-corrected chi connectivity index (χ3v) is 3.37. The van der Waals surface area contributed by atoms with Gasteiger partial charge in [0.1, 0.15) is 0 Å². The first-order chi connectivity index (χ1) is 7.20. The van der Waals surface area contributed by atoms with Gasteiger partial charge < -0.3 is 10.2 Å². The first-order valence-corrected chi connectivity index (χ1v) is 6.91. The van der Waals surface area contributed by atoms with Gasteiger partial charge >= 0.3 is 0 Å². The van der Waals surface area contributed by atoms with Crippen LogP contribution in [0.25, 0.3) is 0 Å². The fourth-order valence-electron chi connectivity index (χ4n) is 1.47. The van der Waals surface area contributed by atoms with E-state index in [-0.39, 0.29) is 0 Å². The second kappa shape index (κ2) is 11.1. The van der Waals surface area contributed by atoms with Gasteiger partial charge in [-0.2, -0.15) is 0 Å². The Morgan fingerprint density at radius 3 is 2.40 bits per heavy atom. The van der Waals surface area contributed by atoms with E-state index in [9.17, 15) is 0 Å². The molecule has 0 rings (SSSR count). The van der Waals surface area contributed by atoms with Crippen molar-refractivity contribution in [1.29, 1.82) is 0 Å². The molecule has 0 heterocycles. The van der Waals surface area contributed by atoms with Gasteiger partial charge in [-0.05, 0) is 46.4 Å². The van der Waals surface area contributed by atoms with Crippen LogP contribution in [0, 0.1) is 0 Å². The molecule has 0 saturated heterocycles. The monoisotopic (exact) mass is 327 g/mol. The van der Waals surface area contributed by atoms with Gasteiger partial charge in [0.15, 0.2) is 0 Å². The Labute approximate surface area is 109 Å². The quantitative estimate of drug-likeness (QED) is 0.376. The predicted octanol–water partition coefficient (Wildman–Crippen LogP) is 1.98.